The van der Waals surface area contributed by atoms with Gasteiger partial charge in [0, 0.05) is 19.3 Å². The molecule has 11 nitrogen and oxygen atoms in total. The minimum Gasteiger partial charge on any atom is -0.489 e. The number of benzene rings is 2. The van der Waals surface area contributed by atoms with Gasteiger partial charge < -0.3 is 30.5 Å². The Bertz CT molecular complexity index is 1360. The summed E-state index contributed by atoms with van der Waals surface area (Å²) in [5, 5.41) is 42.2. The zero-order valence-electron chi connectivity index (χ0n) is 28.4. The third kappa shape index (κ3) is 15.5. The van der Waals surface area contributed by atoms with Crippen LogP contribution in [0.5, 0.6) is 5.75 Å². The smallest absolute Gasteiger partial charge is 0.337 e. The second-order valence-corrected chi connectivity index (χ2v) is 12.4. The van der Waals surface area contributed by atoms with Gasteiger partial charge in [-0.3, -0.25) is 14.4 Å². The third-order valence-corrected chi connectivity index (χ3v) is 8.28. The lowest BCUT2D eigenvalue weighted by atomic mass is 9.82. The number of carboxylic acids is 3. The van der Waals surface area contributed by atoms with Crippen molar-refractivity contribution in [1.29, 1.82) is 0 Å². The molecule has 2 aromatic rings. The molecule has 0 saturated heterocycles. The molecule has 49 heavy (non-hydrogen) atoms. The molecule has 0 aromatic heterocycles. The summed E-state index contributed by atoms with van der Waals surface area (Å²) in [6.45, 7) is 2.49. The van der Waals surface area contributed by atoms with Crippen LogP contribution in [0.1, 0.15) is 102 Å². The number of carbonyl (C=O) groups is 5. The van der Waals surface area contributed by atoms with Crippen LogP contribution in [0.15, 0.2) is 66.7 Å². The summed E-state index contributed by atoms with van der Waals surface area (Å²) < 4.78 is 5.75. The van der Waals surface area contributed by atoms with Gasteiger partial charge in [0.05, 0.1) is 12.3 Å². The number of hydrogen-bond acceptors (Lipinski definition) is 7. The van der Waals surface area contributed by atoms with Crippen LogP contribution in [0, 0.1) is 5.92 Å². The predicted octanol–water partition coefficient (Wildman–Crippen LogP) is 6.11. The molecule has 0 aliphatic carbocycles. The number of ketones is 1. The van der Waals surface area contributed by atoms with E-state index in [-0.39, 0.29) is 12.2 Å². The van der Waals surface area contributed by atoms with Crippen molar-refractivity contribution in [3.63, 3.8) is 0 Å². The Morgan fingerprint density at radius 2 is 1.41 bits per heavy atom. The van der Waals surface area contributed by atoms with Gasteiger partial charge in [0.25, 0.3) is 0 Å². The van der Waals surface area contributed by atoms with E-state index in [2.05, 4.69) is 12.2 Å². The van der Waals surface area contributed by atoms with Gasteiger partial charge in [-0.15, -0.1) is 0 Å². The second-order valence-electron chi connectivity index (χ2n) is 12.4. The van der Waals surface area contributed by atoms with E-state index in [9.17, 15) is 44.4 Å². The molecule has 5 N–H and O–H groups in total. The Labute approximate surface area is 288 Å². The number of aliphatic hydroxyl groups is 1. The number of hydrogen-bond donors (Lipinski definition) is 5. The highest BCUT2D eigenvalue weighted by atomic mass is 16.5. The number of carbonyl (C=O) groups excluding carboxylic acids is 2. The zero-order chi connectivity index (χ0) is 36.1. The number of ether oxygens (including phenoxy) is 1. The monoisotopic (exact) mass is 681 g/mol. The third-order valence-electron chi connectivity index (χ3n) is 8.28. The number of unbranched alkanes of at least 4 members (excludes halogenated alkanes) is 8. The molecule has 1 unspecified atom stereocenters. The molecule has 0 radical (unpaired) electrons. The van der Waals surface area contributed by atoms with Crippen molar-refractivity contribution >= 4 is 29.6 Å². The van der Waals surface area contributed by atoms with Crippen molar-refractivity contribution in [2.45, 2.75) is 115 Å². The first-order valence-electron chi connectivity index (χ1n) is 17.1. The Morgan fingerprint density at radius 3 is 1.98 bits per heavy atom. The highest BCUT2D eigenvalue weighted by Gasteiger charge is 2.49. The van der Waals surface area contributed by atoms with Gasteiger partial charge in [-0.05, 0) is 48.9 Å². The maximum absolute atomic E-state index is 13.4. The van der Waals surface area contributed by atoms with E-state index in [4.69, 9.17) is 4.74 Å². The van der Waals surface area contributed by atoms with E-state index in [1.54, 1.807) is 24.3 Å². The van der Waals surface area contributed by atoms with Crippen LogP contribution in [-0.2, 0) is 37.0 Å². The molecular formula is C38H51NO10. The van der Waals surface area contributed by atoms with Gasteiger partial charge in [0.2, 0.25) is 5.91 Å². The van der Waals surface area contributed by atoms with Crippen molar-refractivity contribution in [1.82, 2.24) is 5.32 Å². The van der Waals surface area contributed by atoms with Gasteiger partial charge in [-0.25, -0.2) is 9.59 Å². The predicted molar refractivity (Wildman–Crippen MR) is 184 cm³/mol. The number of allylic oxidation sites excluding steroid dienone is 1. The van der Waals surface area contributed by atoms with Crippen LogP contribution in [0.4, 0.5) is 0 Å². The molecule has 2 rings (SSSR count). The highest BCUT2D eigenvalue weighted by Crippen LogP contribution is 2.26. The lowest BCUT2D eigenvalue weighted by molar-refractivity contribution is -0.172. The number of amides is 1. The van der Waals surface area contributed by atoms with Crippen LogP contribution in [0.25, 0.3) is 0 Å². The fraction of sp³-hybridized carbons (Fsp3) is 0.500. The van der Waals surface area contributed by atoms with Crippen molar-refractivity contribution < 1.29 is 49.1 Å². The standard InChI is InChI=1S/C38H51NO10/c1-2-3-4-7-13-18-30(40)19-14-8-5-6-9-15-20-32(38(48,37(46)47)26-34(41)42)35(43)39-33(36(44)45)25-28-21-23-31(24-22-28)49-27-29-16-11-10-12-17-29/h10-12,15-17,20-24,32-33,48H,2-9,13-14,18-19,25-27H2,1H3,(H,39,43)(H,41,42)(H,44,45)(H,46,47)/b20-15+/t32-,33+,38?/m1/s1. The molecule has 3 atom stereocenters. The van der Waals surface area contributed by atoms with E-state index in [1.165, 1.54) is 12.5 Å². The maximum Gasteiger partial charge on any atom is 0.337 e. The first-order valence-corrected chi connectivity index (χ1v) is 17.1. The number of rotatable bonds is 26. The summed E-state index contributed by atoms with van der Waals surface area (Å²) in [5.41, 5.74) is -1.51. The maximum atomic E-state index is 13.4. The summed E-state index contributed by atoms with van der Waals surface area (Å²) in [5.74, 6) is -7.16. The summed E-state index contributed by atoms with van der Waals surface area (Å²) in [4.78, 5) is 61.1. The fourth-order valence-corrected chi connectivity index (χ4v) is 5.39. The molecule has 0 fully saturated rings. The quantitative estimate of drug-likeness (QED) is 0.0573. The molecule has 1 amide bonds. The second kappa shape index (κ2) is 22.2. The van der Waals surface area contributed by atoms with Crippen molar-refractivity contribution in [2.24, 2.45) is 5.92 Å². The van der Waals surface area contributed by atoms with Crippen molar-refractivity contribution in [3.05, 3.63) is 77.9 Å². The molecule has 0 saturated carbocycles. The average Bonchev–Trinajstić information content (AvgIpc) is 3.06. The van der Waals surface area contributed by atoms with E-state index >= 15 is 0 Å². The van der Waals surface area contributed by atoms with Gasteiger partial charge in [0.15, 0.2) is 5.60 Å². The van der Waals surface area contributed by atoms with Crippen LogP contribution in [0.2, 0.25) is 0 Å². The molecule has 0 aliphatic rings. The van der Waals surface area contributed by atoms with Crippen molar-refractivity contribution in [3.8, 4) is 5.75 Å². The first kappa shape index (κ1) is 40.7. The van der Waals surface area contributed by atoms with E-state index in [0.717, 1.165) is 56.6 Å². The largest absolute Gasteiger partial charge is 0.489 e. The van der Waals surface area contributed by atoms with Gasteiger partial charge >= 0.3 is 17.9 Å². The lowest BCUT2D eigenvalue weighted by Crippen LogP contribution is -2.55. The van der Waals surface area contributed by atoms with Gasteiger partial charge in [-0.1, -0.05) is 100 Å². The molecule has 0 bridgehead atoms. The molecule has 0 heterocycles. The Balaban J connectivity index is 1.98. The highest BCUT2D eigenvalue weighted by molar-refractivity contribution is 5.94. The average molecular weight is 682 g/mol. The molecule has 268 valence electrons. The van der Waals surface area contributed by atoms with E-state index < -0.39 is 47.8 Å². The Kier molecular flexibility index (Phi) is 18.4. The Hall–Kier alpha value is -4.51. The summed E-state index contributed by atoms with van der Waals surface area (Å²) in [6, 6.07) is 14.6. The molecular weight excluding hydrogens is 630 g/mol. The summed E-state index contributed by atoms with van der Waals surface area (Å²) in [7, 11) is 0. The minimum absolute atomic E-state index is 0.164. The van der Waals surface area contributed by atoms with E-state index in [1.807, 2.05) is 30.3 Å². The van der Waals surface area contributed by atoms with Gasteiger partial charge in [-0.2, -0.15) is 0 Å². The van der Waals surface area contributed by atoms with Crippen LogP contribution >= 0.6 is 0 Å². The summed E-state index contributed by atoms with van der Waals surface area (Å²) >= 11 is 0. The normalized spacial score (nSPS) is 13.7. The molecule has 11 heteroatoms. The Morgan fingerprint density at radius 1 is 0.796 bits per heavy atom. The number of aliphatic carboxylic acids is 3. The SMILES string of the molecule is CCCCCCCC(=O)CCCCCC/C=C/[C@H](C(=O)N[C@@H](Cc1ccc(OCc2ccccc2)cc1)C(=O)O)C(O)(CC(=O)O)C(=O)O. The first-order chi connectivity index (χ1) is 23.5. The lowest BCUT2D eigenvalue weighted by Gasteiger charge is -2.29. The van der Waals surface area contributed by atoms with Crippen LogP contribution in [0.3, 0.4) is 0 Å². The van der Waals surface area contributed by atoms with Gasteiger partial charge in [0.1, 0.15) is 24.2 Å². The molecule has 2 aromatic carbocycles. The number of carboxylic acid groups (broad SMARTS) is 3. The van der Waals surface area contributed by atoms with Crippen LogP contribution in [-0.4, -0.2) is 61.7 Å². The van der Waals surface area contributed by atoms with E-state index in [0.29, 0.717) is 43.6 Å². The topological polar surface area (TPSA) is 188 Å². The minimum atomic E-state index is -3.02. The fourth-order valence-electron chi connectivity index (χ4n) is 5.39. The van der Waals surface area contributed by atoms with Crippen LogP contribution < -0.4 is 10.1 Å². The summed E-state index contributed by atoms with van der Waals surface area (Å²) in [6.07, 6.45) is 11.2. The number of nitrogens with one attached hydrogen (secondary N) is 1. The molecule has 0 spiro atoms. The molecule has 0 aliphatic heterocycles. The van der Waals surface area contributed by atoms with Crippen molar-refractivity contribution in [2.75, 3.05) is 0 Å². The number of Topliss-reactive ketones (excluding diaryl/α,β-unsaturated/α-hetero) is 1. The zero-order valence-corrected chi connectivity index (χ0v) is 28.4.